The predicted molar refractivity (Wildman–Crippen MR) is 81.9 cm³/mol. The molecule has 0 bridgehead atoms. The summed E-state index contributed by atoms with van der Waals surface area (Å²) in [5.74, 6) is 0.973. The fraction of sp³-hybridized carbons (Fsp3) is 0.588. The molecule has 0 spiro atoms. The number of benzene rings is 1. The highest BCUT2D eigenvalue weighted by Gasteiger charge is 2.30. The van der Waals surface area contributed by atoms with E-state index >= 15 is 0 Å². The van der Waals surface area contributed by atoms with E-state index in [0.29, 0.717) is 6.04 Å². The Labute approximate surface area is 121 Å². The summed E-state index contributed by atoms with van der Waals surface area (Å²) in [6.07, 6.45) is 6.12. The van der Waals surface area contributed by atoms with Crippen LogP contribution in [0.3, 0.4) is 0 Å². The first-order valence-electron chi connectivity index (χ1n) is 7.91. The maximum absolute atomic E-state index is 12.5. The topological polar surface area (TPSA) is 41.1 Å². The van der Waals surface area contributed by atoms with Gasteiger partial charge in [0.05, 0.1) is 5.92 Å². The first-order valence-corrected chi connectivity index (χ1v) is 7.91. The Kier molecular flexibility index (Phi) is 3.95. The maximum atomic E-state index is 12.5. The lowest BCUT2D eigenvalue weighted by molar-refractivity contribution is -0.123. The number of para-hydroxylation sites is 1. The summed E-state index contributed by atoms with van der Waals surface area (Å²) in [7, 11) is 0. The third-order valence-electron chi connectivity index (χ3n) is 4.86. The van der Waals surface area contributed by atoms with E-state index < -0.39 is 0 Å². The number of rotatable bonds is 3. The normalized spacial score (nSPS) is 28.6. The van der Waals surface area contributed by atoms with Gasteiger partial charge in [0.2, 0.25) is 5.91 Å². The van der Waals surface area contributed by atoms with Gasteiger partial charge < -0.3 is 10.6 Å². The van der Waals surface area contributed by atoms with Crippen LogP contribution in [0.2, 0.25) is 0 Å². The highest BCUT2D eigenvalue weighted by molar-refractivity contribution is 5.88. The molecule has 2 aliphatic rings. The zero-order chi connectivity index (χ0) is 13.9. The average Bonchev–Trinajstić information content (AvgIpc) is 2.91. The molecule has 3 atom stereocenters. The number of amides is 1. The first-order chi connectivity index (χ1) is 9.78. The van der Waals surface area contributed by atoms with Crippen molar-refractivity contribution in [2.75, 3.05) is 11.9 Å². The van der Waals surface area contributed by atoms with Gasteiger partial charge in [-0.2, -0.15) is 0 Å². The standard InChI is InChI=1S/C17H24N2O/c1-2-12-6-5-7-13(10-12)19-17(20)15-11-18-16-9-4-3-8-14(15)16/h3-4,8-9,12-13,15,18H,2,5-7,10-11H2,1H3,(H,19,20). The Morgan fingerprint density at radius 2 is 2.20 bits per heavy atom. The van der Waals surface area contributed by atoms with E-state index in [1.807, 2.05) is 12.1 Å². The molecule has 3 rings (SSSR count). The van der Waals surface area contributed by atoms with E-state index in [0.717, 1.165) is 36.6 Å². The monoisotopic (exact) mass is 272 g/mol. The third-order valence-corrected chi connectivity index (χ3v) is 4.86. The number of anilines is 1. The van der Waals surface area contributed by atoms with Gasteiger partial charge in [0.15, 0.2) is 0 Å². The number of nitrogens with one attached hydrogen (secondary N) is 2. The lowest BCUT2D eigenvalue weighted by atomic mass is 9.84. The fourth-order valence-corrected chi connectivity index (χ4v) is 3.61. The van der Waals surface area contributed by atoms with Gasteiger partial charge in [-0.1, -0.05) is 44.4 Å². The van der Waals surface area contributed by atoms with Gasteiger partial charge in [0.1, 0.15) is 0 Å². The second-order valence-corrected chi connectivity index (χ2v) is 6.17. The van der Waals surface area contributed by atoms with Crippen molar-refractivity contribution < 1.29 is 4.79 Å². The largest absolute Gasteiger partial charge is 0.384 e. The molecular formula is C17H24N2O. The van der Waals surface area contributed by atoms with Crippen LogP contribution < -0.4 is 10.6 Å². The molecule has 0 saturated heterocycles. The quantitative estimate of drug-likeness (QED) is 0.886. The minimum atomic E-state index is -0.0202. The highest BCUT2D eigenvalue weighted by atomic mass is 16.2. The molecular weight excluding hydrogens is 248 g/mol. The molecule has 1 aliphatic heterocycles. The molecule has 1 fully saturated rings. The first kappa shape index (κ1) is 13.5. The number of carbonyl (C=O) groups is 1. The summed E-state index contributed by atoms with van der Waals surface area (Å²) in [4.78, 5) is 12.5. The van der Waals surface area contributed by atoms with Crippen molar-refractivity contribution in [3.8, 4) is 0 Å². The molecule has 3 nitrogen and oxygen atoms in total. The molecule has 20 heavy (non-hydrogen) atoms. The van der Waals surface area contributed by atoms with Crippen LogP contribution in [0, 0.1) is 5.92 Å². The van der Waals surface area contributed by atoms with Gasteiger partial charge in [-0.25, -0.2) is 0 Å². The van der Waals surface area contributed by atoms with Crippen molar-refractivity contribution >= 4 is 11.6 Å². The molecule has 3 heteroatoms. The Morgan fingerprint density at radius 1 is 1.35 bits per heavy atom. The SMILES string of the molecule is CCC1CCCC(NC(=O)C2CNc3ccccc32)C1. The molecule has 1 saturated carbocycles. The van der Waals surface area contributed by atoms with Crippen molar-refractivity contribution in [3.05, 3.63) is 29.8 Å². The second-order valence-electron chi connectivity index (χ2n) is 6.17. The minimum Gasteiger partial charge on any atom is -0.384 e. The molecule has 108 valence electrons. The highest BCUT2D eigenvalue weighted by Crippen LogP contribution is 2.32. The molecule has 1 aromatic rings. The van der Waals surface area contributed by atoms with Crippen LogP contribution in [0.25, 0.3) is 0 Å². The van der Waals surface area contributed by atoms with E-state index in [9.17, 15) is 4.79 Å². The van der Waals surface area contributed by atoms with E-state index in [4.69, 9.17) is 0 Å². The van der Waals surface area contributed by atoms with Crippen molar-refractivity contribution in [1.29, 1.82) is 0 Å². The third kappa shape index (κ3) is 2.67. The van der Waals surface area contributed by atoms with Gasteiger partial charge in [-0.15, -0.1) is 0 Å². The van der Waals surface area contributed by atoms with Gasteiger partial charge in [0, 0.05) is 18.3 Å². The van der Waals surface area contributed by atoms with E-state index in [2.05, 4.69) is 29.7 Å². The summed E-state index contributed by atoms with van der Waals surface area (Å²) in [5.41, 5.74) is 2.26. The second kappa shape index (κ2) is 5.86. The zero-order valence-electron chi connectivity index (χ0n) is 12.2. The fourth-order valence-electron chi connectivity index (χ4n) is 3.61. The lowest BCUT2D eigenvalue weighted by Crippen LogP contribution is -2.41. The number of carbonyl (C=O) groups excluding carboxylic acids is 1. The molecule has 1 heterocycles. The van der Waals surface area contributed by atoms with E-state index in [1.165, 1.54) is 19.3 Å². The van der Waals surface area contributed by atoms with Crippen molar-refractivity contribution in [1.82, 2.24) is 5.32 Å². The number of hydrogen-bond acceptors (Lipinski definition) is 2. The maximum Gasteiger partial charge on any atom is 0.229 e. The zero-order valence-corrected chi connectivity index (χ0v) is 12.2. The molecule has 1 aromatic carbocycles. The number of fused-ring (bicyclic) bond motifs is 1. The van der Waals surface area contributed by atoms with Crippen LogP contribution in [-0.2, 0) is 4.79 Å². The van der Waals surface area contributed by atoms with Gasteiger partial charge in [-0.3, -0.25) is 4.79 Å². The molecule has 3 unspecified atom stereocenters. The minimum absolute atomic E-state index is 0.0202. The Balaban J connectivity index is 1.63. The van der Waals surface area contributed by atoms with Crippen LogP contribution in [0.15, 0.2) is 24.3 Å². The van der Waals surface area contributed by atoms with Gasteiger partial charge in [0.25, 0.3) is 0 Å². The van der Waals surface area contributed by atoms with Crippen molar-refractivity contribution in [2.45, 2.75) is 51.0 Å². The van der Waals surface area contributed by atoms with Crippen LogP contribution in [-0.4, -0.2) is 18.5 Å². The van der Waals surface area contributed by atoms with Crippen molar-refractivity contribution in [3.63, 3.8) is 0 Å². The molecule has 1 aliphatic carbocycles. The van der Waals surface area contributed by atoms with Crippen LogP contribution in [0.1, 0.15) is 50.5 Å². The number of hydrogen-bond donors (Lipinski definition) is 2. The molecule has 1 amide bonds. The summed E-state index contributed by atoms with van der Waals surface area (Å²) in [6, 6.07) is 8.53. The smallest absolute Gasteiger partial charge is 0.229 e. The average molecular weight is 272 g/mol. The van der Waals surface area contributed by atoms with Crippen LogP contribution in [0.4, 0.5) is 5.69 Å². The van der Waals surface area contributed by atoms with E-state index in [-0.39, 0.29) is 11.8 Å². The molecule has 2 N–H and O–H groups in total. The predicted octanol–water partition coefficient (Wildman–Crippen LogP) is 3.28. The Morgan fingerprint density at radius 3 is 3.05 bits per heavy atom. The van der Waals surface area contributed by atoms with Crippen molar-refractivity contribution in [2.24, 2.45) is 5.92 Å². The Bertz CT molecular complexity index is 486. The van der Waals surface area contributed by atoms with Crippen LogP contribution >= 0.6 is 0 Å². The van der Waals surface area contributed by atoms with Gasteiger partial charge in [-0.05, 0) is 30.4 Å². The van der Waals surface area contributed by atoms with Gasteiger partial charge >= 0.3 is 0 Å². The lowest BCUT2D eigenvalue weighted by Gasteiger charge is -2.29. The summed E-state index contributed by atoms with van der Waals surface area (Å²) in [6.45, 7) is 2.99. The molecule has 0 radical (unpaired) electrons. The summed E-state index contributed by atoms with van der Waals surface area (Å²) < 4.78 is 0. The van der Waals surface area contributed by atoms with E-state index in [1.54, 1.807) is 0 Å². The summed E-state index contributed by atoms with van der Waals surface area (Å²) in [5, 5.41) is 6.61. The Hall–Kier alpha value is -1.51. The summed E-state index contributed by atoms with van der Waals surface area (Å²) >= 11 is 0. The van der Waals surface area contributed by atoms with Crippen LogP contribution in [0.5, 0.6) is 0 Å². The molecule has 0 aromatic heterocycles.